The Balaban J connectivity index is 1.64. The zero-order chi connectivity index (χ0) is 16.2. The van der Waals surface area contributed by atoms with Gasteiger partial charge in [-0.15, -0.1) is 0 Å². The van der Waals surface area contributed by atoms with Crippen LogP contribution in [0.4, 0.5) is 5.69 Å². The van der Waals surface area contributed by atoms with E-state index in [0.717, 1.165) is 37.9 Å². The Morgan fingerprint density at radius 3 is 2.57 bits per heavy atom. The Morgan fingerprint density at radius 2 is 1.91 bits per heavy atom. The van der Waals surface area contributed by atoms with E-state index in [2.05, 4.69) is 5.32 Å². The van der Waals surface area contributed by atoms with Gasteiger partial charge in [0.2, 0.25) is 5.91 Å². The predicted octanol–water partition coefficient (Wildman–Crippen LogP) is 2.06. The number of rotatable bonds is 4. The van der Waals surface area contributed by atoms with Crippen LogP contribution in [0.3, 0.4) is 0 Å². The summed E-state index contributed by atoms with van der Waals surface area (Å²) >= 11 is 0. The molecule has 2 atom stereocenters. The SMILES string of the molecule is NCC1CCCCC1NC(=O)c1ccc(N2CCCC2=O)cc1. The number of amides is 2. The summed E-state index contributed by atoms with van der Waals surface area (Å²) in [5.74, 6) is 0.499. The molecule has 2 fully saturated rings. The Labute approximate surface area is 137 Å². The highest BCUT2D eigenvalue weighted by atomic mass is 16.2. The fourth-order valence-electron chi connectivity index (χ4n) is 3.65. The Morgan fingerprint density at radius 1 is 1.17 bits per heavy atom. The van der Waals surface area contributed by atoms with E-state index in [4.69, 9.17) is 5.73 Å². The second-order valence-electron chi connectivity index (χ2n) is 6.56. The monoisotopic (exact) mass is 315 g/mol. The lowest BCUT2D eigenvalue weighted by Gasteiger charge is -2.31. The van der Waals surface area contributed by atoms with Crippen molar-refractivity contribution in [3.63, 3.8) is 0 Å². The summed E-state index contributed by atoms with van der Waals surface area (Å²) < 4.78 is 0. The normalized spacial score (nSPS) is 24.7. The van der Waals surface area contributed by atoms with Crippen LogP contribution >= 0.6 is 0 Å². The van der Waals surface area contributed by atoms with Gasteiger partial charge < -0.3 is 16.0 Å². The second kappa shape index (κ2) is 7.13. The molecule has 1 aliphatic heterocycles. The maximum Gasteiger partial charge on any atom is 0.251 e. The first-order chi connectivity index (χ1) is 11.2. The highest BCUT2D eigenvalue weighted by molar-refractivity contribution is 5.97. The molecule has 23 heavy (non-hydrogen) atoms. The minimum Gasteiger partial charge on any atom is -0.349 e. The molecule has 1 saturated carbocycles. The number of nitrogens with one attached hydrogen (secondary N) is 1. The highest BCUT2D eigenvalue weighted by Gasteiger charge is 2.26. The molecule has 1 aromatic rings. The van der Waals surface area contributed by atoms with Crippen molar-refractivity contribution in [3.05, 3.63) is 29.8 Å². The third-order valence-electron chi connectivity index (χ3n) is 5.04. The summed E-state index contributed by atoms with van der Waals surface area (Å²) in [5, 5.41) is 3.13. The molecular formula is C18H25N3O2. The van der Waals surface area contributed by atoms with Crippen LogP contribution in [0.15, 0.2) is 24.3 Å². The molecule has 2 unspecified atom stereocenters. The predicted molar refractivity (Wildman–Crippen MR) is 90.3 cm³/mol. The van der Waals surface area contributed by atoms with E-state index in [0.29, 0.717) is 24.4 Å². The van der Waals surface area contributed by atoms with Crippen LogP contribution in [-0.4, -0.2) is 30.9 Å². The molecule has 5 heteroatoms. The first-order valence-electron chi connectivity index (χ1n) is 8.60. The van der Waals surface area contributed by atoms with Crippen molar-refractivity contribution in [2.75, 3.05) is 18.0 Å². The van der Waals surface area contributed by atoms with Crippen molar-refractivity contribution in [2.24, 2.45) is 11.7 Å². The van der Waals surface area contributed by atoms with Gasteiger partial charge in [0.25, 0.3) is 5.91 Å². The third kappa shape index (κ3) is 3.55. The van der Waals surface area contributed by atoms with Crippen LogP contribution in [0.25, 0.3) is 0 Å². The van der Waals surface area contributed by atoms with E-state index < -0.39 is 0 Å². The molecule has 2 aliphatic rings. The van der Waals surface area contributed by atoms with Crippen molar-refractivity contribution in [3.8, 4) is 0 Å². The number of nitrogens with zero attached hydrogens (tertiary/aromatic N) is 1. The lowest BCUT2D eigenvalue weighted by atomic mass is 9.84. The molecule has 3 rings (SSSR count). The first kappa shape index (κ1) is 16.0. The van der Waals surface area contributed by atoms with Gasteiger partial charge in [0.15, 0.2) is 0 Å². The molecule has 5 nitrogen and oxygen atoms in total. The Kier molecular flexibility index (Phi) is 4.96. The highest BCUT2D eigenvalue weighted by Crippen LogP contribution is 2.25. The van der Waals surface area contributed by atoms with Crippen molar-refractivity contribution in [2.45, 2.75) is 44.6 Å². The largest absolute Gasteiger partial charge is 0.349 e. The number of benzene rings is 1. The summed E-state index contributed by atoms with van der Waals surface area (Å²) in [7, 11) is 0. The molecule has 0 radical (unpaired) electrons. The quantitative estimate of drug-likeness (QED) is 0.893. The van der Waals surface area contributed by atoms with Gasteiger partial charge in [0.1, 0.15) is 0 Å². The van der Waals surface area contributed by atoms with E-state index in [9.17, 15) is 9.59 Å². The van der Waals surface area contributed by atoms with Gasteiger partial charge in [-0.25, -0.2) is 0 Å². The van der Waals surface area contributed by atoms with Crippen molar-refractivity contribution >= 4 is 17.5 Å². The first-order valence-corrected chi connectivity index (χ1v) is 8.60. The third-order valence-corrected chi connectivity index (χ3v) is 5.04. The second-order valence-corrected chi connectivity index (χ2v) is 6.56. The maximum absolute atomic E-state index is 12.4. The van der Waals surface area contributed by atoms with E-state index in [1.165, 1.54) is 6.42 Å². The average molecular weight is 315 g/mol. The van der Waals surface area contributed by atoms with E-state index in [1.54, 1.807) is 17.0 Å². The topological polar surface area (TPSA) is 75.4 Å². The van der Waals surface area contributed by atoms with Gasteiger partial charge in [-0.3, -0.25) is 9.59 Å². The minimum atomic E-state index is -0.0466. The van der Waals surface area contributed by atoms with Gasteiger partial charge in [0, 0.05) is 30.3 Å². The van der Waals surface area contributed by atoms with Gasteiger partial charge in [0.05, 0.1) is 0 Å². The summed E-state index contributed by atoms with van der Waals surface area (Å²) in [6.45, 7) is 1.39. The summed E-state index contributed by atoms with van der Waals surface area (Å²) in [5.41, 5.74) is 7.34. The number of hydrogen-bond acceptors (Lipinski definition) is 3. The molecule has 3 N–H and O–H groups in total. The van der Waals surface area contributed by atoms with Crippen LogP contribution in [-0.2, 0) is 4.79 Å². The summed E-state index contributed by atoms with van der Waals surface area (Å²) in [6, 6.07) is 7.51. The molecule has 2 amide bonds. The van der Waals surface area contributed by atoms with Crippen LogP contribution in [0.5, 0.6) is 0 Å². The number of carbonyl (C=O) groups is 2. The lowest BCUT2D eigenvalue weighted by molar-refractivity contribution is -0.117. The van der Waals surface area contributed by atoms with E-state index in [-0.39, 0.29) is 17.9 Å². The molecule has 0 aromatic heterocycles. The van der Waals surface area contributed by atoms with Crippen LogP contribution in [0.1, 0.15) is 48.9 Å². The fourth-order valence-corrected chi connectivity index (χ4v) is 3.65. The maximum atomic E-state index is 12.4. The Bertz CT molecular complexity index is 570. The van der Waals surface area contributed by atoms with Crippen molar-refractivity contribution in [1.82, 2.24) is 5.32 Å². The molecule has 0 bridgehead atoms. The van der Waals surface area contributed by atoms with E-state index >= 15 is 0 Å². The standard InChI is InChI=1S/C18H25N3O2/c19-12-14-4-1-2-5-16(14)20-18(23)13-7-9-15(10-8-13)21-11-3-6-17(21)22/h7-10,14,16H,1-6,11-12,19H2,(H,20,23). The van der Waals surface area contributed by atoms with Gasteiger partial charge >= 0.3 is 0 Å². The molecule has 0 spiro atoms. The van der Waals surface area contributed by atoms with Crippen LogP contribution in [0, 0.1) is 5.92 Å². The molecule has 124 valence electrons. The summed E-state index contributed by atoms with van der Waals surface area (Å²) in [6.07, 6.45) is 5.98. The number of anilines is 1. The molecular weight excluding hydrogens is 290 g/mol. The van der Waals surface area contributed by atoms with Gasteiger partial charge in [-0.2, -0.15) is 0 Å². The van der Waals surface area contributed by atoms with E-state index in [1.807, 2.05) is 12.1 Å². The smallest absolute Gasteiger partial charge is 0.251 e. The number of carbonyl (C=O) groups excluding carboxylic acids is 2. The van der Waals surface area contributed by atoms with Gasteiger partial charge in [-0.05, 0) is 56.0 Å². The van der Waals surface area contributed by atoms with Crippen molar-refractivity contribution in [1.29, 1.82) is 0 Å². The number of nitrogens with two attached hydrogens (primary N) is 1. The Hall–Kier alpha value is -1.88. The number of hydrogen-bond donors (Lipinski definition) is 2. The zero-order valence-electron chi connectivity index (χ0n) is 13.5. The molecule has 1 aliphatic carbocycles. The fraction of sp³-hybridized carbons (Fsp3) is 0.556. The molecule has 1 aromatic carbocycles. The lowest BCUT2D eigenvalue weighted by Crippen LogP contribution is -2.44. The van der Waals surface area contributed by atoms with Crippen LogP contribution in [0.2, 0.25) is 0 Å². The summed E-state index contributed by atoms with van der Waals surface area (Å²) in [4.78, 5) is 26.0. The van der Waals surface area contributed by atoms with Crippen molar-refractivity contribution < 1.29 is 9.59 Å². The zero-order valence-corrected chi connectivity index (χ0v) is 13.5. The average Bonchev–Trinajstić information content (AvgIpc) is 3.01. The van der Waals surface area contributed by atoms with Gasteiger partial charge in [-0.1, -0.05) is 12.8 Å². The minimum absolute atomic E-state index is 0.0466. The molecule has 1 heterocycles. The van der Waals surface area contributed by atoms with Crippen LogP contribution < -0.4 is 16.0 Å². The molecule has 1 saturated heterocycles.